The molecule has 0 bridgehead atoms. The molecule has 1 fully saturated rings. The van der Waals surface area contributed by atoms with Crippen molar-refractivity contribution in [3.05, 3.63) is 22.4 Å². The standard InChI is InChI=1S/C12H12BrN3O2.C2H2/c13-8-5-9-10(7-17)15-16(12(9)14-6-8)11-3-1-2-4-18-11;1-2/h5-7,11H,1-4H2;1-2H. The van der Waals surface area contributed by atoms with Crippen LogP contribution in [0.5, 0.6) is 0 Å². The Labute approximate surface area is 125 Å². The quantitative estimate of drug-likeness (QED) is 0.625. The Bertz CT molecular complexity index is 630. The maximum atomic E-state index is 11.1. The molecular formula is C14H14BrN3O2. The molecule has 1 saturated heterocycles. The molecule has 3 heterocycles. The summed E-state index contributed by atoms with van der Waals surface area (Å²) in [7, 11) is 0. The van der Waals surface area contributed by atoms with Gasteiger partial charge in [-0.15, -0.1) is 12.8 Å². The monoisotopic (exact) mass is 335 g/mol. The van der Waals surface area contributed by atoms with Gasteiger partial charge in [0.15, 0.2) is 18.2 Å². The maximum Gasteiger partial charge on any atom is 0.171 e. The minimum Gasteiger partial charge on any atom is -0.356 e. The van der Waals surface area contributed by atoms with Crippen LogP contribution < -0.4 is 0 Å². The van der Waals surface area contributed by atoms with Crippen molar-refractivity contribution in [2.75, 3.05) is 6.61 Å². The summed E-state index contributed by atoms with van der Waals surface area (Å²) in [4.78, 5) is 15.4. The van der Waals surface area contributed by atoms with Gasteiger partial charge < -0.3 is 4.74 Å². The normalized spacial score (nSPS) is 18.2. The Hall–Kier alpha value is -1.71. The van der Waals surface area contributed by atoms with Crippen LogP contribution in [0.1, 0.15) is 36.0 Å². The third-order valence-electron chi connectivity index (χ3n) is 3.08. The second-order valence-electron chi connectivity index (χ2n) is 4.29. The van der Waals surface area contributed by atoms with E-state index in [2.05, 4.69) is 38.9 Å². The Morgan fingerprint density at radius 1 is 1.45 bits per heavy atom. The number of carbonyl (C=O) groups excluding carboxylic acids is 1. The molecule has 0 saturated carbocycles. The van der Waals surface area contributed by atoms with Crippen molar-refractivity contribution in [1.29, 1.82) is 0 Å². The molecule has 0 amide bonds. The zero-order chi connectivity index (χ0) is 14.5. The van der Waals surface area contributed by atoms with Crippen LogP contribution in [-0.2, 0) is 4.74 Å². The number of nitrogens with zero attached hydrogens (tertiary/aromatic N) is 3. The molecule has 0 aliphatic carbocycles. The Morgan fingerprint density at radius 3 is 2.90 bits per heavy atom. The van der Waals surface area contributed by atoms with E-state index in [-0.39, 0.29) is 6.23 Å². The fourth-order valence-electron chi connectivity index (χ4n) is 2.22. The highest BCUT2D eigenvalue weighted by molar-refractivity contribution is 9.10. The lowest BCUT2D eigenvalue weighted by Gasteiger charge is -2.22. The summed E-state index contributed by atoms with van der Waals surface area (Å²) in [6.07, 6.45) is 13.5. The van der Waals surface area contributed by atoms with Gasteiger partial charge >= 0.3 is 0 Å². The molecule has 3 rings (SSSR count). The highest BCUT2D eigenvalue weighted by Crippen LogP contribution is 2.27. The highest BCUT2D eigenvalue weighted by atomic mass is 79.9. The minimum absolute atomic E-state index is 0.108. The minimum atomic E-state index is -0.108. The van der Waals surface area contributed by atoms with Gasteiger partial charge in [0.25, 0.3) is 0 Å². The third kappa shape index (κ3) is 2.74. The lowest BCUT2D eigenvalue weighted by molar-refractivity contribution is -0.0370. The van der Waals surface area contributed by atoms with E-state index in [1.165, 1.54) is 0 Å². The van der Waals surface area contributed by atoms with Gasteiger partial charge in [0.2, 0.25) is 0 Å². The second kappa shape index (κ2) is 6.64. The van der Waals surface area contributed by atoms with Crippen LogP contribution in [0.2, 0.25) is 0 Å². The number of fused-ring (bicyclic) bond motifs is 1. The number of terminal acetylenes is 1. The van der Waals surface area contributed by atoms with E-state index in [9.17, 15) is 4.79 Å². The molecule has 6 heteroatoms. The van der Waals surface area contributed by atoms with Gasteiger partial charge in [0.1, 0.15) is 5.69 Å². The smallest absolute Gasteiger partial charge is 0.171 e. The van der Waals surface area contributed by atoms with Crippen LogP contribution in [0.3, 0.4) is 0 Å². The van der Waals surface area contributed by atoms with E-state index < -0.39 is 0 Å². The fourth-order valence-corrected chi connectivity index (χ4v) is 2.56. The number of hydrogen-bond donors (Lipinski definition) is 0. The topological polar surface area (TPSA) is 57.0 Å². The van der Waals surface area contributed by atoms with Gasteiger partial charge in [0, 0.05) is 17.3 Å². The first-order valence-corrected chi connectivity index (χ1v) is 7.03. The number of pyridine rings is 1. The van der Waals surface area contributed by atoms with Gasteiger partial charge in [-0.1, -0.05) is 0 Å². The van der Waals surface area contributed by atoms with E-state index in [0.29, 0.717) is 11.3 Å². The highest BCUT2D eigenvalue weighted by Gasteiger charge is 2.21. The van der Waals surface area contributed by atoms with E-state index in [4.69, 9.17) is 4.74 Å². The van der Waals surface area contributed by atoms with Crippen molar-refractivity contribution < 1.29 is 9.53 Å². The summed E-state index contributed by atoms with van der Waals surface area (Å²) in [5, 5.41) is 5.07. The molecule has 5 nitrogen and oxygen atoms in total. The van der Waals surface area contributed by atoms with Crippen LogP contribution >= 0.6 is 15.9 Å². The summed E-state index contributed by atoms with van der Waals surface area (Å²) >= 11 is 3.35. The number of carbonyl (C=O) groups is 1. The van der Waals surface area contributed by atoms with Gasteiger partial charge in [-0.3, -0.25) is 4.79 Å². The van der Waals surface area contributed by atoms with Crippen LogP contribution in [0.25, 0.3) is 11.0 Å². The molecule has 2 aromatic rings. The second-order valence-corrected chi connectivity index (χ2v) is 5.21. The van der Waals surface area contributed by atoms with Crippen molar-refractivity contribution in [3.63, 3.8) is 0 Å². The number of ether oxygens (including phenoxy) is 1. The largest absolute Gasteiger partial charge is 0.356 e. The van der Waals surface area contributed by atoms with Crippen LogP contribution in [0, 0.1) is 12.8 Å². The van der Waals surface area contributed by atoms with E-state index in [1.54, 1.807) is 10.9 Å². The molecule has 0 aromatic carbocycles. The first kappa shape index (κ1) is 14.7. The predicted molar refractivity (Wildman–Crippen MR) is 79.3 cm³/mol. The first-order chi connectivity index (χ1) is 9.79. The zero-order valence-electron chi connectivity index (χ0n) is 10.8. The molecule has 0 N–H and O–H groups in total. The number of halogens is 1. The van der Waals surface area contributed by atoms with Crippen LogP contribution in [0.4, 0.5) is 0 Å². The molecule has 1 aliphatic rings. The van der Waals surface area contributed by atoms with Gasteiger partial charge in [0.05, 0.1) is 5.39 Å². The van der Waals surface area contributed by atoms with E-state index >= 15 is 0 Å². The third-order valence-corrected chi connectivity index (χ3v) is 3.52. The van der Waals surface area contributed by atoms with Crippen LogP contribution in [-0.4, -0.2) is 27.7 Å². The van der Waals surface area contributed by atoms with Gasteiger partial charge in [-0.2, -0.15) is 5.10 Å². The first-order valence-electron chi connectivity index (χ1n) is 6.23. The summed E-state index contributed by atoms with van der Waals surface area (Å²) in [5.41, 5.74) is 1.11. The summed E-state index contributed by atoms with van der Waals surface area (Å²) in [6.45, 7) is 0.735. The molecule has 1 atom stereocenters. The fraction of sp³-hybridized carbons (Fsp3) is 0.357. The summed E-state index contributed by atoms with van der Waals surface area (Å²) < 4.78 is 8.26. The average molecular weight is 336 g/mol. The number of hydrogen-bond acceptors (Lipinski definition) is 4. The molecular weight excluding hydrogens is 322 g/mol. The Morgan fingerprint density at radius 2 is 2.25 bits per heavy atom. The molecule has 104 valence electrons. The molecule has 20 heavy (non-hydrogen) atoms. The van der Waals surface area contributed by atoms with E-state index in [1.807, 2.05) is 6.07 Å². The Balaban J connectivity index is 0.000000704. The zero-order valence-corrected chi connectivity index (χ0v) is 12.4. The summed E-state index contributed by atoms with van der Waals surface area (Å²) in [5.74, 6) is 0. The van der Waals surface area contributed by atoms with Crippen molar-refractivity contribution in [2.45, 2.75) is 25.5 Å². The Kier molecular flexibility index (Phi) is 4.88. The van der Waals surface area contributed by atoms with Crippen molar-refractivity contribution in [3.8, 4) is 12.8 Å². The number of rotatable bonds is 2. The van der Waals surface area contributed by atoms with Crippen LogP contribution in [0.15, 0.2) is 16.7 Å². The van der Waals surface area contributed by atoms with Gasteiger partial charge in [-0.05, 0) is 41.3 Å². The molecule has 0 radical (unpaired) electrons. The molecule has 0 spiro atoms. The van der Waals surface area contributed by atoms with Crippen molar-refractivity contribution in [2.24, 2.45) is 0 Å². The average Bonchev–Trinajstić information content (AvgIpc) is 2.88. The van der Waals surface area contributed by atoms with Crippen molar-refractivity contribution >= 4 is 33.2 Å². The molecule has 1 unspecified atom stereocenters. The predicted octanol–water partition coefficient (Wildman–Crippen LogP) is 2.95. The molecule has 2 aromatic heterocycles. The number of aldehydes is 1. The lowest BCUT2D eigenvalue weighted by Crippen LogP contribution is -2.19. The van der Waals surface area contributed by atoms with Gasteiger partial charge in [-0.25, -0.2) is 9.67 Å². The summed E-state index contributed by atoms with van der Waals surface area (Å²) in [6, 6.07) is 1.86. The SMILES string of the molecule is C#C.O=Cc1nn(C2CCCCO2)c2ncc(Br)cc12. The van der Waals surface area contributed by atoms with Crippen molar-refractivity contribution in [1.82, 2.24) is 14.8 Å². The van der Waals surface area contributed by atoms with E-state index in [0.717, 1.165) is 42.0 Å². The maximum absolute atomic E-state index is 11.1. The molecule has 1 aliphatic heterocycles. The lowest BCUT2D eigenvalue weighted by atomic mass is 10.2. The number of aromatic nitrogens is 3.